The zero-order valence-electron chi connectivity index (χ0n) is 31.4. The van der Waals surface area contributed by atoms with E-state index in [-0.39, 0.29) is 43.5 Å². The van der Waals surface area contributed by atoms with Crippen molar-refractivity contribution in [2.45, 2.75) is 72.0 Å². The molecule has 0 saturated carbocycles. The smallest absolute Gasteiger partial charge is 0.328 e. The third-order valence-corrected chi connectivity index (χ3v) is 8.66. The number of esters is 1. The fourth-order valence-corrected chi connectivity index (χ4v) is 5.67. The fraction of sp³-hybridized carbons (Fsp3) is 0.385. The van der Waals surface area contributed by atoms with Crippen LogP contribution in [0.2, 0.25) is 0 Å². The maximum atomic E-state index is 15.1. The molecular formula is C39H47F2N9O5. The van der Waals surface area contributed by atoms with Gasteiger partial charge in [-0.1, -0.05) is 24.6 Å². The molecule has 55 heavy (non-hydrogen) atoms. The van der Waals surface area contributed by atoms with Crippen molar-refractivity contribution in [3.63, 3.8) is 0 Å². The summed E-state index contributed by atoms with van der Waals surface area (Å²) in [4.78, 5) is 38.6. The highest BCUT2D eigenvalue weighted by atomic mass is 19.1. The maximum absolute atomic E-state index is 15.1. The number of pyridine rings is 1. The third-order valence-electron chi connectivity index (χ3n) is 8.66. The van der Waals surface area contributed by atoms with Gasteiger partial charge in [0.05, 0.1) is 44.1 Å². The summed E-state index contributed by atoms with van der Waals surface area (Å²) in [6.45, 7) is 7.82. The Bertz CT molecular complexity index is 2090. The minimum absolute atomic E-state index is 0.0327. The lowest BCUT2D eigenvalue weighted by Gasteiger charge is -2.17. The number of amides is 1. The number of ether oxygens (including phenoxy) is 3. The summed E-state index contributed by atoms with van der Waals surface area (Å²) in [6, 6.07) is 9.85. The number of nitrogens with zero attached hydrogens (tertiary/aromatic N) is 5. The number of hydrogen-bond acceptors (Lipinski definition) is 12. The molecule has 1 amide bonds. The highest BCUT2D eigenvalue weighted by Crippen LogP contribution is 2.33. The van der Waals surface area contributed by atoms with E-state index in [0.717, 1.165) is 35.5 Å². The normalized spacial score (nSPS) is 12.3. The number of hydrogen-bond donors (Lipinski definition) is 4. The number of anilines is 2. The Morgan fingerprint density at radius 1 is 0.982 bits per heavy atom. The van der Waals surface area contributed by atoms with Gasteiger partial charge in [-0.25, -0.2) is 23.5 Å². The van der Waals surface area contributed by atoms with E-state index >= 15 is 8.78 Å². The van der Waals surface area contributed by atoms with Crippen LogP contribution in [0.3, 0.4) is 0 Å². The van der Waals surface area contributed by atoms with E-state index in [1.807, 2.05) is 38.1 Å². The van der Waals surface area contributed by atoms with Crippen molar-refractivity contribution in [3.8, 4) is 23.0 Å². The van der Waals surface area contributed by atoms with Gasteiger partial charge in [0.15, 0.2) is 17.4 Å². The van der Waals surface area contributed by atoms with Crippen LogP contribution in [0.1, 0.15) is 56.4 Å². The number of nitrogens with two attached hydrogens (primary N) is 2. The molecule has 3 heterocycles. The first-order valence-corrected chi connectivity index (χ1v) is 18.2. The van der Waals surface area contributed by atoms with Crippen LogP contribution in [0.5, 0.6) is 11.5 Å². The van der Waals surface area contributed by atoms with E-state index in [4.69, 9.17) is 35.8 Å². The Labute approximate surface area is 318 Å². The second kappa shape index (κ2) is 19.0. The van der Waals surface area contributed by atoms with E-state index < -0.39 is 35.6 Å². The van der Waals surface area contributed by atoms with Gasteiger partial charge in [-0.15, -0.1) is 0 Å². The van der Waals surface area contributed by atoms with E-state index in [1.165, 1.54) is 17.8 Å². The number of nitrogens with one attached hydrogen (secondary N) is 2. The molecule has 3 aromatic heterocycles. The van der Waals surface area contributed by atoms with E-state index in [2.05, 4.69) is 20.6 Å². The minimum atomic E-state index is -0.878. The first-order chi connectivity index (χ1) is 26.5. The molecule has 0 bridgehead atoms. The molecule has 0 radical (unpaired) electrons. The number of benzene rings is 2. The lowest BCUT2D eigenvalue weighted by molar-refractivity contribution is -0.147. The van der Waals surface area contributed by atoms with Crippen molar-refractivity contribution in [1.29, 1.82) is 0 Å². The lowest BCUT2D eigenvalue weighted by Crippen LogP contribution is -2.47. The van der Waals surface area contributed by atoms with Crippen LogP contribution in [-0.4, -0.2) is 75.1 Å². The molecular weight excluding hydrogens is 712 g/mol. The number of carbonyl (C=O) groups excluding carboxylic acids is 2. The number of rotatable bonds is 19. The van der Waals surface area contributed by atoms with Crippen LogP contribution in [0.15, 0.2) is 54.9 Å². The van der Waals surface area contributed by atoms with E-state index in [0.29, 0.717) is 54.0 Å². The number of carbonyl (C=O) groups is 2. The summed E-state index contributed by atoms with van der Waals surface area (Å²) < 4.78 is 48.4. The molecule has 14 nitrogen and oxygen atoms in total. The number of unbranched alkanes of at least 4 members (excludes halogenated alkanes) is 1. The largest absolute Gasteiger partial charge is 0.494 e. The zero-order chi connectivity index (χ0) is 39.5. The Morgan fingerprint density at radius 2 is 1.75 bits per heavy atom. The predicted molar refractivity (Wildman–Crippen MR) is 204 cm³/mol. The van der Waals surface area contributed by atoms with E-state index in [9.17, 15) is 9.59 Å². The van der Waals surface area contributed by atoms with Crippen LogP contribution in [-0.2, 0) is 20.9 Å². The number of aromatic nitrogens is 5. The van der Waals surface area contributed by atoms with Gasteiger partial charge >= 0.3 is 5.97 Å². The maximum Gasteiger partial charge on any atom is 0.328 e. The molecule has 0 spiro atoms. The molecule has 5 aromatic rings. The molecule has 0 aliphatic rings. The topological polar surface area (TPSA) is 194 Å². The molecule has 2 aromatic carbocycles. The highest BCUT2D eigenvalue weighted by Gasteiger charge is 2.22. The lowest BCUT2D eigenvalue weighted by atomic mass is 10.1. The van der Waals surface area contributed by atoms with Crippen molar-refractivity contribution in [1.82, 2.24) is 30.0 Å². The van der Waals surface area contributed by atoms with Gasteiger partial charge in [-0.2, -0.15) is 5.10 Å². The zero-order valence-corrected chi connectivity index (χ0v) is 31.4. The van der Waals surface area contributed by atoms with Gasteiger partial charge in [0, 0.05) is 47.1 Å². The molecule has 0 aliphatic heterocycles. The molecule has 0 unspecified atom stereocenters. The van der Waals surface area contributed by atoms with Crippen molar-refractivity contribution in [2.24, 2.45) is 11.5 Å². The van der Waals surface area contributed by atoms with Gasteiger partial charge in [-0.05, 0) is 64.8 Å². The van der Waals surface area contributed by atoms with Crippen molar-refractivity contribution < 1.29 is 32.6 Å². The fourth-order valence-electron chi connectivity index (χ4n) is 5.67. The Kier molecular flexibility index (Phi) is 14.0. The van der Waals surface area contributed by atoms with E-state index in [1.54, 1.807) is 19.2 Å². The average Bonchev–Trinajstić information content (AvgIpc) is 3.53. The number of halogens is 2. The molecule has 16 heteroatoms. The number of fused-ring (bicyclic) bond motifs is 1. The molecule has 0 aliphatic carbocycles. The second-order valence-corrected chi connectivity index (χ2v) is 13.0. The first-order valence-electron chi connectivity index (χ1n) is 18.2. The summed E-state index contributed by atoms with van der Waals surface area (Å²) >= 11 is 0. The molecule has 0 fully saturated rings. The van der Waals surface area contributed by atoms with Crippen molar-refractivity contribution in [3.05, 3.63) is 83.3 Å². The van der Waals surface area contributed by atoms with Crippen molar-refractivity contribution in [2.75, 3.05) is 31.7 Å². The SMILES string of the molecule is CCOc1cc(F)c(Cn2nc(-c3ncc(OCCCOC(=O)[C@H](C)NC(=O)[C@H](N)CCCCN)c(Nc4cc(C)ncc4C)n3)c3ccccc32)c(F)c1. The molecule has 292 valence electrons. The van der Waals surface area contributed by atoms with Gasteiger partial charge in [0.2, 0.25) is 5.91 Å². The van der Waals surface area contributed by atoms with Gasteiger partial charge < -0.3 is 36.3 Å². The number of para-hydroxylation sites is 1. The first kappa shape index (κ1) is 40.4. The van der Waals surface area contributed by atoms with Gasteiger partial charge in [-0.3, -0.25) is 14.5 Å². The molecule has 0 saturated heterocycles. The Morgan fingerprint density at radius 3 is 2.49 bits per heavy atom. The standard InChI is InChI=1S/C39H47F2N9O5/c1-5-53-26-18-29(40)28(30(41)19-26)22-50-33-13-7-6-11-27(33)35(49-50)37-45-21-34(36(48-37)47-32-17-24(3)44-20-23(32)2)54-15-10-16-55-39(52)25(4)46-38(51)31(43)12-8-9-14-42/h6-7,11,13,17-21,25,31H,5,8-10,12,14-16,22,42-43H2,1-4H3,(H,46,51)(H,44,45,47,48)/t25-,31+/m0/s1. The molecule has 5 rings (SSSR count). The molecule has 2 atom stereocenters. The average molecular weight is 760 g/mol. The monoisotopic (exact) mass is 759 g/mol. The van der Waals surface area contributed by atoms with Crippen molar-refractivity contribution >= 4 is 34.3 Å². The Balaban J connectivity index is 1.32. The summed E-state index contributed by atoms with van der Waals surface area (Å²) in [5, 5.41) is 11.3. The minimum Gasteiger partial charge on any atom is -0.494 e. The predicted octanol–water partition coefficient (Wildman–Crippen LogP) is 5.25. The van der Waals surface area contributed by atoms with Crippen LogP contribution in [0.4, 0.5) is 20.3 Å². The highest BCUT2D eigenvalue weighted by molar-refractivity contribution is 5.92. The van der Waals surface area contributed by atoms with Crippen LogP contribution < -0.4 is 31.6 Å². The Hall–Kier alpha value is -5.74. The van der Waals surface area contributed by atoms with Gasteiger partial charge in [0.25, 0.3) is 0 Å². The molecule has 6 N–H and O–H groups in total. The van der Waals surface area contributed by atoms with Crippen LogP contribution in [0, 0.1) is 25.5 Å². The summed E-state index contributed by atoms with van der Waals surface area (Å²) in [6.07, 6.45) is 5.52. The quantitative estimate of drug-likeness (QED) is 0.0632. The summed E-state index contributed by atoms with van der Waals surface area (Å²) in [7, 11) is 0. The van der Waals surface area contributed by atoms with Crippen LogP contribution >= 0.6 is 0 Å². The second-order valence-electron chi connectivity index (χ2n) is 13.0. The number of aryl methyl sites for hydroxylation is 2. The summed E-state index contributed by atoms with van der Waals surface area (Å²) in [5.41, 5.74) is 14.6. The summed E-state index contributed by atoms with van der Waals surface area (Å²) in [5.74, 6) is -1.53. The van der Waals surface area contributed by atoms with Crippen LogP contribution in [0.25, 0.3) is 22.4 Å². The van der Waals surface area contributed by atoms with Gasteiger partial charge in [0.1, 0.15) is 29.1 Å². The third kappa shape index (κ3) is 10.5.